The van der Waals surface area contributed by atoms with Gasteiger partial charge in [-0.25, -0.2) is 0 Å². The number of hydrogen-bond acceptors (Lipinski definition) is 6. The summed E-state index contributed by atoms with van der Waals surface area (Å²) in [5.74, 6) is 0.137. The van der Waals surface area contributed by atoms with E-state index in [0.717, 1.165) is 5.56 Å². The molecule has 8 nitrogen and oxygen atoms in total. The highest BCUT2D eigenvalue weighted by Crippen LogP contribution is 2.30. The van der Waals surface area contributed by atoms with Gasteiger partial charge in [0.15, 0.2) is 18.1 Å². The van der Waals surface area contributed by atoms with E-state index in [1.807, 2.05) is 19.1 Å². The lowest BCUT2D eigenvalue weighted by molar-refractivity contribution is -0.118. The minimum atomic E-state index is -0.586. The number of nitrogens with one attached hydrogen (secondary N) is 2. The molecule has 0 aliphatic heterocycles. The Bertz CT molecular complexity index is 1350. The van der Waals surface area contributed by atoms with Gasteiger partial charge in [0.05, 0.1) is 30.6 Å². The Kier molecular flexibility index (Phi) is 8.92. The number of amides is 2. The Balaban J connectivity index is 1.71. The van der Waals surface area contributed by atoms with Gasteiger partial charge in [0, 0.05) is 0 Å². The SMILES string of the molecule is COc1ccc(C)cc1NC(=O)/C(C#N)=C/c1ccc(OCC(=O)Nc2ccccc2Cl)c(OC)c1. The van der Waals surface area contributed by atoms with Gasteiger partial charge in [0.1, 0.15) is 17.4 Å². The maximum absolute atomic E-state index is 12.7. The van der Waals surface area contributed by atoms with E-state index in [9.17, 15) is 14.9 Å². The number of hydrogen-bond donors (Lipinski definition) is 2. The van der Waals surface area contributed by atoms with E-state index in [-0.39, 0.29) is 12.2 Å². The van der Waals surface area contributed by atoms with E-state index in [4.69, 9.17) is 25.8 Å². The number of anilines is 2. The summed E-state index contributed by atoms with van der Waals surface area (Å²) < 4.78 is 16.2. The summed E-state index contributed by atoms with van der Waals surface area (Å²) in [5.41, 5.74) is 2.27. The number of rotatable bonds is 9. The number of carbonyl (C=O) groups is 2. The molecule has 0 aromatic heterocycles. The van der Waals surface area contributed by atoms with Crippen LogP contribution in [0.4, 0.5) is 11.4 Å². The van der Waals surface area contributed by atoms with E-state index in [0.29, 0.717) is 39.2 Å². The van der Waals surface area contributed by atoms with Crippen molar-refractivity contribution in [2.24, 2.45) is 0 Å². The van der Waals surface area contributed by atoms with Crippen LogP contribution < -0.4 is 24.8 Å². The fraction of sp³-hybridized carbons (Fsp3) is 0.148. The summed E-state index contributed by atoms with van der Waals surface area (Å²) in [6, 6.07) is 18.9. The van der Waals surface area contributed by atoms with Gasteiger partial charge in [0.2, 0.25) is 0 Å². The molecule has 0 radical (unpaired) electrons. The van der Waals surface area contributed by atoms with Crippen molar-refractivity contribution in [3.63, 3.8) is 0 Å². The molecule has 3 aromatic carbocycles. The Hall–Kier alpha value is -4.48. The first-order valence-electron chi connectivity index (χ1n) is 10.8. The first kappa shape index (κ1) is 26.1. The second-order valence-electron chi connectivity index (χ2n) is 7.55. The molecule has 9 heteroatoms. The van der Waals surface area contributed by atoms with Crippen LogP contribution in [0.25, 0.3) is 6.08 Å². The number of nitrogens with zero attached hydrogens (tertiary/aromatic N) is 1. The summed E-state index contributed by atoms with van der Waals surface area (Å²) in [7, 11) is 2.94. The third-order valence-electron chi connectivity index (χ3n) is 4.97. The minimum Gasteiger partial charge on any atom is -0.495 e. The molecule has 2 N–H and O–H groups in total. The van der Waals surface area contributed by atoms with Crippen LogP contribution in [0.15, 0.2) is 66.2 Å². The van der Waals surface area contributed by atoms with Gasteiger partial charge in [-0.1, -0.05) is 35.9 Å². The Morgan fingerprint density at radius 3 is 2.36 bits per heavy atom. The van der Waals surface area contributed by atoms with Crippen LogP contribution in [0.3, 0.4) is 0 Å². The fourth-order valence-electron chi connectivity index (χ4n) is 3.21. The van der Waals surface area contributed by atoms with Gasteiger partial charge in [-0.3, -0.25) is 9.59 Å². The van der Waals surface area contributed by atoms with Crippen molar-refractivity contribution < 1.29 is 23.8 Å². The van der Waals surface area contributed by atoms with Gasteiger partial charge < -0.3 is 24.8 Å². The summed E-state index contributed by atoms with van der Waals surface area (Å²) in [5, 5.41) is 15.4. The Labute approximate surface area is 214 Å². The molecule has 0 saturated heterocycles. The number of ether oxygens (including phenoxy) is 3. The molecular weight excluding hydrogens is 482 g/mol. The first-order chi connectivity index (χ1) is 17.3. The van der Waals surface area contributed by atoms with Crippen LogP contribution >= 0.6 is 11.6 Å². The van der Waals surface area contributed by atoms with Crippen molar-refractivity contribution in [3.8, 4) is 23.3 Å². The number of methoxy groups -OCH3 is 2. The van der Waals surface area contributed by atoms with E-state index in [1.54, 1.807) is 54.6 Å². The van der Waals surface area contributed by atoms with Crippen molar-refractivity contribution in [3.05, 3.63) is 82.4 Å². The zero-order valence-electron chi connectivity index (χ0n) is 19.9. The zero-order valence-corrected chi connectivity index (χ0v) is 20.7. The monoisotopic (exact) mass is 505 g/mol. The van der Waals surface area contributed by atoms with Crippen molar-refractivity contribution in [1.82, 2.24) is 0 Å². The van der Waals surface area contributed by atoms with Crippen LogP contribution in [0.1, 0.15) is 11.1 Å². The molecule has 0 bridgehead atoms. The van der Waals surface area contributed by atoms with Crippen LogP contribution in [0.2, 0.25) is 5.02 Å². The lowest BCUT2D eigenvalue weighted by atomic mass is 10.1. The van der Waals surface area contributed by atoms with Crippen molar-refractivity contribution >= 4 is 40.9 Å². The fourth-order valence-corrected chi connectivity index (χ4v) is 3.39. The molecule has 0 atom stereocenters. The topological polar surface area (TPSA) is 110 Å². The lowest BCUT2D eigenvalue weighted by Crippen LogP contribution is -2.20. The van der Waals surface area contributed by atoms with Gasteiger partial charge in [-0.05, 0) is 60.5 Å². The Morgan fingerprint density at radius 2 is 1.67 bits per heavy atom. The third kappa shape index (κ3) is 6.78. The second kappa shape index (κ2) is 12.3. The molecule has 0 unspecified atom stereocenters. The predicted molar refractivity (Wildman–Crippen MR) is 139 cm³/mol. The minimum absolute atomic E-state index is 0.117. The normalized spacial score (nSPS) is 10.7. The number of benzene rings is 3. The second-order valence-corrected chi connectivity index (χ2v) is 7.96. The van der Waals surface area contributed by atoms with Gasteiger partial charge in [-0.2, -0.15) is 5.26 Å². The molecule has 184 valence electrons. The quantitative estimate of drug-likeness (QED) is 0.304. The number of para-hydroxylation sites is 1. The molecule has 36 heavy (non-hydrogen) atoms. The summed E-state index contributed by atoms with van der Waals surface area (Å²) >= 11 is 6.05. The van der Waals surface area contributed by atoms with Crippen LogP contribution in [0.5, 0.6) is 17.2 Å². The smallest absolute Gasteiger partial charge is 0.266 e. The molecule has 3 aromatic rings. The van der Waals surface area contributed by atoms with Crippen molar-refractivity contribution in [2.75, 3.05) is 31.5 Å². The molecule has 0 fully saturated rings. The largest absolute Gasteiger partial charge is 0.495 e. The summed E-state index contributed by atoms with van der Waals surface area (Å²) in [6.07, 6.45) is 1.42. The number of aryl methyl sites for hydroxylation is 1. The Morgan fingerprint density at radius 1 is 0.944 bits per heavy atom. The maximum atomic E-state index is 12.7. The van der Waals surface area contributed by atoms with Gasteiger partial charge in [-0.15, -0.1) is 0 Å². The van der Waals surface area contributed by atoms with Crippen molar-refractivity contribution in [2.45, 2.75) is 6.92 Å². The molecule has 0 saturated carbocycles. The lowest BCUT2D eigenvalue weighted by Gasteiger charge is -2.12. The predicted octanol–water partition coefficient (Wildman–Crippen LogP) is 5.23. The van der Waals surface area contributed by atoms with Crippen LogP contribution in [0, 0.1) is 18.3 Å². The molecule has 0 heterocycles. The van der Waals surface area contributed by atoms with E-state index < -0.39 is 11.8 Å². The van der Waals surface area contributed by atoms with Gasteiger partial charge >= 0.3 is 0 Å². The van der Waals surface area contributed by atoms with E-state index >= 15 is 0 Å². The average Bonchev–Trinajstić information content (AvgIpc) is 2.87. The zero-order chi connectivity index (χ0) is 26.1. The first-order valence-corrected chi connectivity index (χ1v) is 11.2. The molecule has 0 aliphatic carbocycles. The highest BCUT2D eigenvalue weighted by molar-refractivity contribution is 6.33. The summed E-state index contributed by atoms with van der Waals surface area (Å²) in [6.45, 7) is 1.60. The summed E-state index contributed by atoms with van der Waals surface area (Å²) in [4.78, 5) is 25.0. The average molecular weight is 506 g/mol. The maximum Gasteiger partial charge on any atom is 0.266 e. The number of halogens is 1. The molecule has 2 amide bonds. The number of nitriles is 1. The van der Waals surface area contributed by atoms with E-state index in [2.05, 4.69) is 10.6 Å². The molecular formula is C27H24ClN3O5. The standard InChI is InChI=1S/C27H24ClN3O5/c1-17-8-10-23(34-2)22(12-17)31-27(33)19(15-29)13-18-9-11-24(25(14-18)35-3)36-16-26(32)30-21-7-5-4-6-20(21)28/h4-14H,16H2,1-3H3,(H,30,32)(H,31,33)/b19-13+. The molecule has 0 spiro atoms. The third-order valence-corrected chi connectivity index (χ3v) is 5.30. The molecule has 0 aliphatic rings. The van der Waals surface area contributed by atoms with Gasteiger partial charge in [0.25, 0.3) is 11.8 Å². The van der Waals surface area contributed by atoms with E-state index in [1.165, 1.54) is 20.3 Å². The highest BCUT2D eigenvalue weighted by Gasteiger charge is 2.14. The van der Waals surface area contributed by atoms with Crippen LogP contribution in [-0.2, 0) is 9.59 Å². The highest BCUT2D eigenvalue weighted by atomic mass is 35.5. The number of carbonyl (C=O) groups excluding carboxylic acids is 2. The molecule has 3 rings (SSSR count). The van der Waals surface area contributed by atoms with Crippen LogP contribution in [-0.4, -0.2) is 32.6 Å². The van der Waals surface area contributed by atoms with Crippen molar-refractivity contribution in [1.29, 1.82) is 5.26 Å².